The predicted octanol–water partition coefficient (Wildman–Crippen LogP) is 3.37. The number of piperidine rings is 1. The monoisotopic (exact) mass is 432 g/mol. The van der Waals surface area contributed by atoms with E-state index >= 15 is 0 Å². The second kappa shape index (κ2) is 10.1. The van der Waals surface area contributed by atoms with Gasteiger partial charge in [0.2, 0.25) is 5.91 Å². The van der Waals surface area contributed by atoms with Crippen LogP contribution in [0.15, 0.2) is 24.3 Å². The Kier molecular flexibility index (Phi) is 7.71. The molecule has 0 radical (unpaired) electrons. The lowest BCUT2D eigenvalue weighted by Gasteiger charge is -2.45. The van der Waals surface area contributed by atoms with Crippen LogP contribution < -0.4 is 10.6 Å². The first-order chi connectivity index (χ1) is 14.4. The molecule has 3 rings (SSSR count). The van der Waals surface area contributed by atoms with Crippen LogP contribution in [0.2, 0.25) is 0 Å². The Labute approximate surface area is 186 Å². The second-order valence-corrected chi connectivity index (χ2v) is 9.05. The molecule has 2 aliphatic rings. The number of carbonyl (C=O) groups is 1. The third-order valence-corrected chi connectivity index (χ3v) is 6.92. The Bertz CT molecular complexity index is 748. The van der Waals surface area contributed by atoms with E-state index in [-0.39, 0.29) is 17.6 Å². The average molecular weight is 433 g/mol. The second-order valence-electron chi connectivity index (χ2n) is 8.66. The van der Waals surface area contributed by atoms with E-state index in [1.165, 1.54) is 5.56 Å². The molecule has 0 bridgehead atoms. The number of rotatable bonds is 7. The Morgan fingerprint density at radius 2 is 2.13 bits per heavy atom. The maximum Gasteiger partial charge on any atom is 0.241 e. The first kappa shape index (κ1) is 23.0. The number of anilines is 1. The number of nitrogens with one attached hydrogen (secondary N) is 2. The quantitative estimate of drug-likeness (QED) is 0.509. The van der Waals surface area contributed by atoms with Crippen molar-refractivity contribution in [1.82, 2.24) is 15.1 Å². The highest BCUT2D eigenvalue weighted by atomic mass is 32.1. The Morgan fingerprint density at radius 3 is 2.77 bits per heavy atom. The Balaban J connectivity index is 1.66. The van der Waals surface area contributed by atoms with E-state index in [1.54, 1.807) is 7.11 Å². The number of hydrogen-bond acceptors (Lipinski definition) is 4. The zero-order chi connectivity index (χ0) is 21.7. The van der Waals surface area contributed by atoms with Crippen LogP contribution in [0.5, 0.6) is 0 Å². The first-order valence-corrected chi connectivity index (χ1v) is 11.5. The van der Waals surface area contributed by atoms with Crippen molar-refractivity contribution in [2.45, 2.75) is 58.2 Å². The summed E-state index contributed by atoms with van der Waals surface area (Å²) in [5.74, 6) is 0.568. The van der Waals surface area contributed by atoms with E-state index in [1.807, 2.05) is 12.1 Å². The highest BCUT2D eigenvalue weighted by Gasteiger charge is 2.52. The van der Waals surface area contributed by atoms with Crippen LogP contribution in [0, 0.1) is 12.8 Å². The summed E-state index contributed by atoms with van der Waals surface area (Å²) in [6, 6.07) is 8.15. The minimum atomic E-state index is -0.269. The fourth-order valence-corrected chi connectivity index (χ4v) is 4.84. The Hall–Kier alpha value is -1.70. The maximum atomic E-state index is 13.2. The molecule has 2 heterocycles. The SMILES string of the molecule is CC[C@H](C)[C@H]1NC2(CCN(C(=S)Nc3cccc(C)c3)CC2)N(CCCOC)C1=O. The summed E-state index contributed by atoms with van der Waals surface area (Å²) in [5.41, 5.74) is 1.96. The summed E-state index contributed by atoms with van der Waals surface area (Å²) >= 11 is 5.68. The number of hydrogen-bond donors (Lipinski definition) is 2. The van der Waals surface area contributed by atoms with Crippen molar-refractivity contribution in [3.63, 3.8) is 0 Å². The number of nitrogens with zero attached hydrogens (tertiary/aromatic N) is 2. The molecule has 30 heavy (non-hydrogen) atoms. The van der Waals surface area contributed by atoms with Gasteiger partial charge < -0.3 is 19.9 Å². The highest BCUT2D eigenvalue weighted by molar-refractivity contribution is 7.80. The molecule has 2 atom stereocenters. The molecular formula is C23H36N4O2S. The smallest absolute Gasteiger partial charge is 0.241 e. The molecule has 1 aromatic carbocycles. The van der Waals surface area contributed by atoms with Crippen molar-refractivity contribution in [1.29, 1.82) is 0 Å². The zero-order valence-electron chi connectivity index (χ0n) is 18.7. The molecule has 2 aliphatic heterocycles. The van der Waals surface area contributed by atoms with Crippen LogP contribution in [0.3, 0.4) is 0 Å². The van der Waals surface area contributed by atoms with E-state index in [0.717, 1.165) is 56.1 Å². The lowest BCUT2D eigenvalue weighted by molar-refractivity contribution is -0.134. The molecule has 7 heteroatoms. The van der Waals surface area contributed by atoms with Crippen LogP contribution in [0.1, 0.15) is 45.1 Å². The number of thiocarbonyl (C=S) groups is 1. The van der Waals surface area contributed by atoms with Crippen molar-refractivity contribution in [2.24, 2.45) is 5.92 Å². The van der Waals surface area contributed by atoms with Crippen LogP contribution in [-0.4, -0.2) is 65.9 Å². The number of aryl methyl sites for hydroxylation is 1. The molecular weight excluding hydrogens is 396 g/mol. The van der Waals surface area contributed by atoms with Crippen molar-refractivity contribution in [3.8, 4) is 0 Å². The summed E-state index contributed by atoms with van der Waals surface area (Å²) in [6.45, 7) is 9.45. The number of amides is 1. The molecule has 1 amide bonds. The van der Waals surface area contributed by atoms with Gasteiger partial charge in [0.05, 0.1) is 11.7 Å². The molecule has 2 fully saturated rings. The minimum absolute atomic E-state index is 0.0959. The third-order valence-electron chi connectivity index (χ3n) is 6.56. The zero-order valence-corrected chi connectivity index (χ0v) is 19.6. The van der Waals surface area contributed by atoms with Gasteiger partial charge in [-0.15, -0.1) is 0 Å². The molecule has 2 saturated heterocycles. The van der Waals surface area contributed by atoms with Crippen LogP contribution in [-0.2, 0) is 9.53 Å². The molecule has 1 spiro atoms. The van der Waals surface area contributed by atoms with Gasteiger partial charge in [-0.25, -0.2) is 0 Å². The maximum absolute atomic E-state index is 13.2. The molecule has 166 valence electrons. The van der Waals surface area contributed by atoms with Crippen molar-refractivity contribution in [2.75, 3.05) is 38.7 Å². The van der Waals surface area contributed by atoms with E-state index < -0.39 is 0 Å². The van der Waals surface area contributed by atoms with Crippen LogP contribution >= 0.6 is 12.2 Å². The molecule has 1 aromatic rings. The number of methoxy groups -OCH3 is 1. The van der Waals surface area contributed by atoms with Gasteiger partial charge in [-0.2, -0.15) is 0 Å². The number of carbonyl (C=O) groups excluding carboxylic acids is 1. The van der Waals surface area contributed by atoms with Gasteiger partial charge in [0.25, 0.3) is 0 Å². The van der Waals surface area contributed by atoms with Crippen molar-refractivity contribution in [3.05, 3.63) is 29.8 Å². The molecule has 0 unspecified atom stereocenters. The van der Waals surface area contributed by atoms with Gasteiger partial charge in [-0.05, 0) is 49.2 Å². The molecule has 6 nitrogen and oxygen atoms in total. The van der Waals surface area contributed by atoms with Gasteiger partial charge in [-0.1, -0.05) is 32.4 Å². The van der Waals surface area contributed by atoms with Gasteiger partial charge >= 0.3 is 0 Å². The van der Waals surface area contributed by atoms with Gasteiger partial charge in [0.15, 0.2) is 5.11 Å². The number of benzene rings is 1. The summed E-state index contributed by atoms with van der Waals surface area (Å²) in [6.07, 6.45) is 3.58. The molecule has 0 aliphatic carbocycles. The summed E-state index contributed by atoms with van der Waals surface area (Å²) < 4.78 is 5.23. The van der Waals surface area contributed by atoms with E-state index in [2.05, 4.69) is 53.3 Å². The highest BCUT2D eigenvalue weighted by Crippen LogP contribution is 2.35. The first-order valence-electron chi connectivity index (χ1n) is 11.1. The minimum Gasteiger partial charge on any atom is -0.385 e. The van der Waals surface area contributed by atoms with Crippen molar-refractivity contribution < 1.29 is 9.53 Å². The fraction of sp³-hybridized carbons (Fsp3) is 0.652. The van der Waals surface area contributed by atoms with Crippen molar-refractivity contribution >= 4 is 28.9 Å². The lowest BCUT2D eigenvalue weighted by Crippen LogP contribution is -2.60. The summed E-state index contributed by atoms with van der Waals surface area (Å²) in [5, 5.41) is 7.87. The third kappa shape index (κ3) is 4.95. The van der Waals surface area contributed by atoms with E-state index in [9.17, 15) is 4.79 Å². The Morgan fingerprint density at radius 1 is 1.40 bits per heavy atom. The fourth-order valence-electron chi connectivity index (χ4n) is 4.54. The standard InChI is InChI=1S/C23H36N4O2S/c1-5-18(3)20-21(28)27(12-7-15-29-4)23(25-20)10-13-26(14-11-23)22(30)24-19-9-6-8-17(2)16-19/h6,8-9,16,18,20,25H,5,7,10-15H2,1-4H3,(H,24,30)/t18-,20+/m0/s1. The predicted molar refractivity (Wildman–Crippen MR) is 126 cm³/mol. The summed E-state index contributed by atoms with van der Waals surface area (Å²) in [7, 11) is 1.71. The lowest BCUT2D eigenvalue weighted by atomic mass is 9.95. The van der Waals surface area contributed by atoms with Gasteiger partial charge in [0.1, 0.15) is 0 Å². The van der Waals surface area contributed by atoms with E-state index in [4.69, 9.17) is 17.0 Å². The van der Waals surface area contributed by atoms with Gasteiger partial charge in [0, 0.05) is 51.9 Å². The molecule has 0 saturated carbocycles. The number of ether oxygens (including phenoxy) is 1. The largest absolute Gasteiger partial charge is 0.385 e. The number of likely N-dealkylation sites (tertiary alicyclic amines) is 1. The van der Waals surface area contributed by atoms with Crippen LogP contribution in [0.4, 0.5) is 5.69 Å². The molecule has 2 N–H and O–H groups in total. The van der Waals surface area contributed by atoms with Crippen LogP contribution in [0.25, 0.3) is 0 Å². The summed E-state index contributed by atoms with van der Waals surface area (Å²) in [4.78, 5) is 17.5. The van der Waals surface area contributed by atoms with Gasteiger partial charge in [-0.3, -0.25) is 10.1 Å². The normalized spacial score (nSPS) is 21.9. The average Bonchev–Trinajstić information content (AvgIpc) is 3.00. The van der Waals surface area contributed by atoms with E-state index in [0.29, 0.717) is 12.5 Å². The topological polar surface area (TPSA) is 56.8 Å². The molecule has 0 aromatic heterocycles.